The summed E-state index contributed by atoms with van der Waals surface area (Å²) in [6, 6.07) is 98.6. The summed E-state index contributed by atoms with van der Waals surface area (Å²) in [4.78, 5) is 4.92. The van der Waals surface area contributed by atoms with Crippen LogP contribution in [0.5, 0.6) is 0 Å². The Morgan fingerprint density at radius 1 is 0.264 bits per heavy atom. The van der Waals surface area contributed by atoms with Gasteiger partial charge in [-0.2, -0.15) is 0 Å². The number of furan rings is 2. The highest BCUT2D eigenvalue weighted by Crippen LogP contribution is 2.61. The number of para-hydroxylation sites is 4. The van der Waals surface area contributed by atoms with Crippen LogP contribution >= 0.6 is 0 Å². The first-order chi connectivity index (χ1) is 42.6. The van der Waals surface area contributed by atoms with Gasteiger partial charge in [0.25, 0.3) is 0 Å². The average molecular weight is 1120 g/mol. The van der Waals surface area contributed by atoms with Crippen LogP contribution in [0.3, 0.4) is 0 Å². The summed E-state index contributed by atoms with van der Waals surface area (Å²) in [5.41, 5.74) is 27.5. The van der Waals surface area contributed by atoms with Gasteiger partial charge in [-0.1, -0.05) is 212 Å². The van der Waals surface area contributed by atoms with E-state index in [1.54, 1.807) is 0 Å². The highest BCUT2D eigenvalue weighted by molar-refractivity contribution is 6.17. The van der Waals surface area contributed by atoms with Crippen molar-refractivity contribution in [2.45, 2.75) is 47.0 Å². The molecule has 16 rings (SSSR count). The molecule has 0 spiro atoms. The molecule has 0 bridgehead atoms. The van der Waals surface area contributed by atoms with Crippen LogP contribution in [0.15, 0.2) is 276 Å². The first kappa shape index (κ1) is 51.9. The van der Waals surface area contributed by atoms with Gasteiger partial charge in [0, 0.05) is 55.1 Å². The second kappa shape index (κ2) is 20.3. The van der Waals surface area contributed by atoms with Crippen LogP contribution in [0.1, 0.15) is 55.6 Å². The van der Waals surface area contributed by atoms with Gasteiger partial charge in [-0.05, 0) is 179 Å². The van der Waals surface area contributed by atoms with Gasteiger partial charge in [-0.15, -0.1) is 0 Å². The Bertz CT molecular complexity index is 5180. The molecule has 0 amide bonds. The van der Waals surface area contributed by atoms with Gasteiger partial charge in [-0.3, -0.25) is 0 Å². The van der Waals surface area contributed by atoms with Crippen LogP contribution in [-0.2, 0) is 5.41 Å². The largest absolute Gasteiger partial charge is 0.453 e. The highest BCUT2D eigenvalue weighted by atomic mass is 16.3. The van der Waals surface area contributed by atoms with Crippen molar-refractivity contribution >= 4 is 88.8 Å². The zero-order valence-electron chi connectivity index (χ0n) is 49.6. The SMILES string of the molecule is Cc1cc(C)cc(N(c2ccc3c(c2)C(c2ccccc2)(c2ccccc2)c2cc(N(c4cc(C)cc(C)c4)c4cccc5c4oc4c(-c6ccccc6C)cccc45)c4ccccc4c2-3)c2cccc3c2oc2c(-c4ccccc4C)cccc23)c1. The predicted octanol–water partition coefficient (Wildman–Crippen LogP) is 23.1. The monoisotopic (exact) mass is 1120 g/mol. The van der Waals surface area contributed by atoms with Gasteiger partial charge in [0.1, 0.15) is 11.2 Å². The van der Waals surface area contributed by atoms with E-state index in [2.05, 4.69) is 318 Å². The lowest BCUT2D eigenvalue weighted by molar-refractivity contribution is 0.670. The van der Waals surface area contributed by atoms with Crippen LogP contribution in [0.25, 0.3) is 88.0 Å². The molecule has 1 aliphatic rings. The van der Waals surface area contributed by atoms with Crippen molar-refractivity contribution in [1.29, 1.82) is 0 Å². The molecule has 0 unspecified atom stereocenters. The molecule has 87 heavy (non-hydrogen) atoms. The van der Waals surface area contributed by atoms with Crippen molar-refractivity contribution in [2.75, 3.05) is 9.80 Å². The Morgan fingerprint density at radius 2 is 0.678 bits per heavy atom. The zero-order valence-corrected chi connectivity index (χ0v) is 49.6. The van der Waals surface area contributed by atoms with Crippen molar-refractivity contribution in [3.05, 3.63) is 323 Å². The second-order valence-corrected chi connectivity index (χ2v) is 23.9. The summed E-state index contributed by atoms with van der Waals surface area (Å²) in [5.74, 6) is 0. The van der Waals surface area contributed by atoms with Crippen molar-refractivity contribution in [3.63, 3.8) is 0 Å². The van der Waals surface area contributed by atoms with Crippen LogP contribution in [0.2, 0.25) is 0 Å². The van der Waals surface area contributed by atoms with Crippen LogP contribution in [0.4, 0.5) is 34.1 Å². The van der Waals surface area contributed by atoms with E-state index in [-0.39, 0.29) is 0 Å². The lowest BCUT2D eigenvalue weighted by Gasteiger charge is -2.36. The first-order valence-electron chi connectivity index (χ1n) is 30.2. The molecule has 0 fully saturated rings. The fourth-order valence-corrected chi connectivity index (χ4v) is 14.8. The Hall–Kier alpha value is -10.7. The Morgan fingerprint density at radius 3 is 1.20 bits per heavy atom. The molecule has 0 saturated heterocycles. The molecule has 0 saturated carbocycles. The number of anilines is 6. The molecule has 1 aliphatic carbocycles. The fourth-order valence-electron chi connectivity index (χ4n) is 14.8. The standard InChI is InChI=1S/C83H62N2O2/c1-51-43-52(2)46-60(45-51)84(75-39-21-37-70-68-35-19-33-66(79(68)86-81(70)75)62-29-15-13-23-55(62)5)59-41-42-72-73(49-59)83(57-25-9-7-10-26-57,58-27-11-8-12-28-58)74-50-77(64-31-17-18-32-65(64)78(72)74)85(61-47-53(3)44-54(4)48-61)76-40-22-38-71-69-36-20-34-67(80(69)87-82(71)76)63-30-16-14-24-56(63)6/h7-50H,1-6H3. The summed E-state index contributed by atoms with van der Waals surface area (Å²) in [6.07, 6.45) is 0. The molecule has 0 radical (unpaired) electrons. The van der Waals surface area contributed by atoms with Gasteiger partial charge in [-0.25, -0.2) is 0 Å². The van der Waals surface area contributed by atoms with E-state index < -0.39 is 5.41 Å². The number of fused-ring (bicyclic) bond motifs is 11. The zero-order chi connectivity index (χ0) is 58.7. The molecule has 4 heteroatoms. The third kappa shape index (κ3) is 8.12. The van der Waals surface area contributed by atoms with Crippen LogP contribution < -0.4 is 9.80 Å². The topological polar surface area (TPSA) is 32.8 Å². The van der Waals surface area contributed by atoms with Gasteiger partial charge in [0.05, 0.1) is 22.5 Å². The maximum atomic E-state index is 7.39. The van der Waals surface area contributed by atoms with Crippen LogP contribution in [0, 0.1) is 41.5 Å². The predicted molar refractivity (Wildman–Crippen MR) is 364 cm³/mol. The molecule has 13 aromatic carbocycles. The van der Waals surface area contributed by atoms with Gasteiger partial charge in [0.2, 0.25) is 0 Å². The Balaban J connectivity index is 0.988. The van der Waals surface area contributed by atoms with Crippen LogP contribution in [-0.4, -0.2) is 0 Å². The molecule has 0 atom stereocenters. The second-order valence-electron chi connectivity index (χ2n) is 23.9. The van der Waals surface area contributed by atoms with Crippen molar-refractivity contribution in [1.82, 2.24) is 0 Å². The molecular weight excluding hydrogens is 1060 g/mol. The molecule has 15 aromatic rings. The van der Waals surface area contributed by atoms with E-state index >= 15 is 0 Å². The van der Waals surface area contributed by atoms with E-state index in [4.69, 9.17) is 8.83 Å². The number of rotatable bonds is 10. The molecular formula is C83H62N2O2. The Kier molecular flexibility index (Phi) is 12.1. The summed E-state index contributed by atoms with van der Waals surface area (Å²) in [5, 5.41) is 6.62. The van der Waals surface area contributed by atoms with Crippen molar-refractivity contribution in [3.8, 4) is 33.4 Å². The number of benzene rings is 13. The van der Waals surface area contributed by atoms with Gasteiger partial charge in [0.15, 0.2) is 11.2 Å². The Labute approximate surface area is 507 Å². The average Bonchev–Trinajstić information content (AvgIpc) is 1.57. The molecule has 4 nitrogen and oxygen atoms in total. The van der Waals surface area contributed by atoms with E-state index in [9.17, 15) is 0 Å². The fraction of sp³-hybridized carbons (Fsp3) is 0.0843. The van der Waals surface area contributed by atoms with E-state index in [1.165, 1.54) is 72.1 Å². The van der Waals surface area contributed by atoms with Gasteiger partial charge >= 0.3 is 0 Å². The summed E-state index contributed by atoms with van der Waals surface area (Å²) in [6.45, 7) is 13.2. The third-order valence-corrected chi connectivity index (χ3v) is 18.3. The van der Waals surface area contributed by atoms with E-state index in [0.29, 0.717) is 0 Å². The number of hydrogen-bond acceptors (Lipinski definition) is 4. The van der Waals surface area contributed by atoms with E-state index in [1.807, 2.05) is 0 Å². The first-order valence-corrected chi connectivity index (χ1v) is 30.2. The van der Waals surface area contributed by atoms with Gasteiger partial charge < -0.3 is 18.6 Å². The summed E-state index contributed by atoms with van der Waals surface area (Å²) >= 11 is 0. The lowest BCUT2D eigenvalue weighted by Crippen LogP contribution is -2.29. The molecule has 0 N–H and O–H groups in total. The minimum Gasteiger partial charge on any atom is -0.453 e. The lowest BCUT2D eigenvalue weighted by atomic mass is 9.67. The molecule has 416 valence electrons. The number of aryl methyl sites for hydroxylation is 6. The number of nitrogens with zero attached hydrogens (tertiary/aromatic N) is 2. The minimum atomic E-state index is -0.813. The third-order valence-electron chi connectivity index (χ3n) is 18.3. The molecule has 2 aromatic heterocycles. The maximum absolute atomic E-state index is 7.39. The maximum Gasteiger partial charge on any atom is 0.159 e. The summed E-state index contributed by atoms with van der Waals surface area (Å²) in [7, 11) is 0. The minimum absolute atomic E-state index is 0.813. The quantitative estimate of drug-likeness (QED) is 0.137. The normalized spacial score (nSPS) is 12.6. The molecule has 0 aliphatic heterocycles. The molecule has 2 heterocycles. The van der Waals surface area contributed by atoms with E-state index in [0.717, 1.165) is 106 Å². The van der Waals surface area contributed by atoms with Crippen molar-refractivity contribution < 1.29 is 8.83 Å². The smallest absolute Gasteiger partial charge is 0.159 e. The summed E-state index contributed by atoms with van der Waals surface area (Å²) < 4.78 is 14.7. The van der Waals surface area contributed by atoms with Crippen molar-refractivity contribution in [2.24, 2.45) is 0 Å². The number of hydrogen-bond donors (Lipinski definition) is 0. The highest BCUT2D eigenvalue weighted by Gasteiger charge is 2.48.